The normalized spacial score (nSPS) is 13.1. The average molecular weight is 347 g/mol. The van der Waals surface area contributed by atoms with Gasteiger partial charge >= 0.3 is 0 Å². The predicted molar refractivity (Wildman–Crippen MR) is 85.0 cm³/mol. The van der Waals surface area contributed by atoms with Crippen molar-refractivity contribution in [3.63, 3.8) is 0 Å². The van der Waals surface area contributed by atoms with E-state index in [2.05, 4.69) is 42.0 Å². The number of alkyl halides is 1. The van der Waals surface area contributed by atoms with E-state index in [1.165, 1.54) is 0 Å². The number of carbonyl (C=O) groups excluding carboxylic acids is 1. The van der Waals surface area contributed by atoms with Gasteiger partial charge in [0.15, 0.2) is 0 Å². The Hall–Kier alpha value is -0.540. The molecule has 0 fully saturated rings. The van der Waals surface area contributed by atoms with Gasteiger partial charge in [0.05, 0.1) is 6.42 Å². The highest BCUT2D eigenvalue weighted by atomic mass is 79.9. The summed E-state index contributed by atoms with van der Waals surface area (Å²) >= 11 is 9.63. The highest BCUT2D eigenvalue weighted by Gasteiger charge is 2.17. The van der Waals surface area contributed by atoms with Crippen LogP contribution in [0.15, 0.2) is 24.3 Å². The highest BCUT2D eigenvalue weighted by molar-refractivity contribution is 9.09. The summed E-state index contributed by atoms with van der Waals surface area (Å²) in [7, 11) is 0. The topological polar surface area (TPSA) is 29.1 Å². The lowest BCUT2D eigenvalue weighted by atomic mass is 9.90. The first-order chi connectivity index (χ1) is 8.78. The van der Waals surface area contributed by atoms with E-state index in [4.69, 9.17) is 11.6 Å². The Balaban J connectivity index is 2.38. The Morgan fingerprint density at radius 2 is 2.00 bits per heavy atom. The van der Waals surface area contributed by atoms with Crippen LogP contribution in [0.5, 0.6) is 0 Å². The van der Waals surface area contributed by atoms with E-state index < -0.39 is 0 Å². The van der Waals surface area contributed by atoms with E-state index in [1.54, 1.807) is 6.07 Å². The fraction of sp³-hybridized carbons (Fsp3) is 0.533. The number of rotatable bonds is 5. The largest absolute Gasteiger partial charge is 0.355 e. The zero-order valence-electron chi connectivity index (χ0n) is 11.7. The van der Waals surface area contributed by atoms with E-state index in [9.17, 15) is 4.79 Å². The van der Waals surface area contributed by atoms with Crippen molar-refractivity contribution in [3.8, 4) is 0 Å². The molecule has 1 atom stereocenters. The third-order valence-electron chi connectivity index (χ3n) is 2.66. The first kappa shape index (κ1) is 16.5. The van der Waals surface area contributed by atoms with Gasteiger partial charge in [0.2, 0.25) is 5.91 Å². The Bertz CT molecular complexity index is 428. The number of nitrogens with one attached hydrogen (secondary N) is 1. The number of benzene rings is 1. The maximum absolute atomic E-state index is 11.8. The molecule has 106 valence electrons. The van der Waals surface area contributed by atoms with Crippen molar-refractivity contribution in [3.05, 3.63) is 34.9 Å². The molecule has 0 radical (unpaired) electrons. The quantitative estimate of drug-likeness (QED) is 0.795. The second-order valence-electron chi connectivity index (χ2n) is 5.93. The molecule has 1 amide bonds. The van der Waals surface area contributed by atoms with Crippen LogP contribution in [0.3, 0.4) is 0 Å². The first-order valence-electron chi connectivity index (χ1n) is 6.42. The summed E-state index contributed by atoms with van der Waals surface area (Å²) < 4.78 is 0. The summed E-state index contributed by atoms with van der Waals surface area (Å²) in [4.78, 5) is 12.1. The minimum absolute atomic E-state index is 0.00598. The lowest BCUT2D eigenvalue weighted by Crippen LogP contribution is -2.32. The van der Waals surface area contributed by atoms with Gasteiger partial charge in [-0.1, -0.05) is 66.5 Å². The van der Waals surface area contributed by atoms with Gasteiger partial charge in [-0.15, -0.1) is 0 Å². The second kappa shape index (κ2) is 7.30. The van der Waals surface area contributed by atoms with Crippen LogP contribution in [0, 0.1) is 5.41 Å². The fourth-order valence-corrected chi connectivity index (χ4v) is 3.17. The molecule has 4 heteroatoms. The number of hydrogen-bond donors (Lipinski definition) is 1. The number of halogens is 2. The average Bonchev–Trinajstić information content (AvgIpc) is 2.27. The molecule has 1 N–H and O–H groups in total. The molecule has 2 nitrogen and oxygen atoms in total. The van der Waals surface area contributed by atoms with Gasteiger partial charge in [-0.05, 0) is 23.5 Å². The smallest absolute Gasteiger partial charge is 0.224 e. The molecule has 0 bridgehead atoms. The molecule has 0 saturated carbocycles. The lowest BCUT2D eigenvalue weighted by Gasteiger charge is -2.22. The van der Waals surface area contributed by atoms with Gasteiger partial charge in [-0.3, -0.25) is 4.79 Å². The van der Waals surface area contributed by atoms with E-state index in [0.717, 1.165) is 12.0 Å². The van der Waals surface area contributed by atoms with Crippen molar-refractivity contribution in [2.24, 2.45) is 5.41 Å². The molecule has 0 spiro atoms. The maximum atomic E-state index is 11.8. The van der Waals surface area contributed by atoms with Crippen molar-refractivity contribution in [1.82, 2.24) is 5.32 Å². The van der Waals surface area contributed by atoms with E-state index in [0.29, 0.717) is 22.8 Å². The summed E-state index contributed by atoms with van der Waals surface area (Å²) in [5.41, 5.74) is 1.12. The zero-order chi connectivity index (χ0) is 14.5. The molecule has 1 aromatic rings. The standard InChI is InChI=1S/C15H21BrClNO/c1-15(2,3)9-12(16)10-18-14(19)8-11-6-4-5-7-13(11)17/h4-7,12H,8-10H2,1-3H3,(H,18,19). The molecule has 0 aliphatic carbocycles. The minimum atomic E-state index is 0.00598. The maximum Gasteiger partial charge on any atom is 0.224 e. The van der Waals surface area contributed by atoms with Crippen LogP contribution in [-0.4, -0.2) is 17.3 Å². The fourth-order valence-electron chi connectivity index (χ4n) is 1.84. The summed E-state index contributed by atoms with van der Waals surface area (Å²) in [5, 5.41) is 3.58. The van der Waals surface area contributed by atoms with Crippen LogP contribution >= 0.6 is 27.5 Å². The van der Waals surface area contributed by atoms with Gasteiger partial charge < -0.3 is 5.32 Å². The molecule has 0 aromatic heterocycles. The monoisotopic (exact) mass is 345 g/mol. The van der Waals surface area contributed by atoms with Gasteiger partial charge in [0.1, 0.15) is 0 Å². The summed E-state index contributed by atoms with van der Waals surface area (Å²) in [6.07, 6.45) is 1.34. The third-order valence-corrected chi connectivity index (χ3v) is 3.68. The number of hydrogen-bond acceptors (Lipinski definition) is 1. The molecular formula is C15H21BrClNO. The highest BCUT2D eigenvalue weighted by Crippen LogP contribution is 2.24. The van der Waals surface area contributed by atoms with Gasteiger partial charge in [-0.2, -0.15) is 0 Å². The predicted octanol–water partition coefficient (Wildman–Crippen LogP) is 4.20. The Morgan fingerprint density at radius 1 is 1.37 bits per heavy atom. The zero-order valence-corrected chi connectivity index (χ0v) is 14.0. The Labute approximate surface area is 129 Å². The van der Waals surface area contributed by atoms with Gasteiger partial charge in [0, 0.05) is 16.4 Å². The van der Waals surface area contributed by atoms with Crippen LogP contribution in [-0.2, 0) is 11.2 Å². The van der Waals surface area contributed by atoms with Crippen LogP contribution < -0.4 is 5.32 Å². The van der Waals surface area contributed by atoms with E-state index in [1.807, 2.05) is 18.2 Å². The molecule has 1 aromatic carbocycles. The molecule has 0 aliphatic heterocycles. The van der Waals surface area contributed by atoms with Crippen molar-refractivity contribution in [1.29, 1.82) is 0 Å². The summed E-state index contributed by atoms with van der Waals surface area (Å²) in [6.45, 7) is 7.20. The second-order valence-corrected chi connectivity index (χ2v) is 7.64. The SMILES string of the molecule is CC(C)(C)CC(Br)CNC(=O)Cc1ccccc1Cl. The van der Waals surface area contributed by atoms with Gasteiger partial charge in [0.25, 0.3) is 0 Å². The summed E-state index contributed by atoms with van der Waals surface area (Å²) in [5.74, 6) is 0.00598. The molecule has 0 saturated heterocycles. The Morgan fingerprint density at radius 3 is 2.58 bits per heavy atom. The van der Waals surface area contributed by atoms with Crippen molar-refractivity contribution in [2.75, 3.05) is 6.54 Å². The van der Waals surface area contributed by atoms with E-state index >= 15 is 0 Å². The molecule has 0 aliphatic rings. The molecular weight excluding hydrogens is 326 g/mol. The number of carbonyl (C=O) groups is 1. The molecule has 19 heavy (non-hydrogen) atoms. The first-order valence-corrected chi connectivity index (χ1v) is 7.71. The van der Waals surface area contributed by atoms with Crippen molar-refractivity contribution >= 4 is 33.4 Å². The lowest BCUT2D eigenvalue weighted by molar-refractivity contribution is -0.120. The van der Waals surface area contributed by atoms with Gasteiger partial charge in [-0.25, -0.2) is 0 Å². The molecule has 0 heterocycles. The van der Waals surface area contributed by atoms with Crippen LogP contribution in [0.4, 0.5) is 0 Å². The van der Waals surface area contributed by atoms with Crippen LogP contribution in [0.2, 0.25) is 5.02 Å². The van der Waals surface area contributed by atoms with E-state index in [-0.39, 0.29) is 11.3 Å². The Kier molecular flexibility index (Phi) is 6.34. The van der Waals surface area contributed by atoms with Crippen LogP contribution in [0.1, 0.15) is 32.8 Å². The minimum Gasteiger partial charge on any atom is -0.355 e. The van der Waals surface area contributed by atoms with Crippen LogP contribution in [0.25, 0.3) is 0 Å². The number of amides is 1. The third kappa shape index (κ3) is 6.98. The van der Waals surface area contributed by atoms with Crippen molar-refractivity contribution < 1.29 is 4.79 Å². The van der Waals surface area contributed by atoms with Crippen molar-refractivity contribution in [2.45, 2.75) is 38.4 Å². The molecule has 1 rings (SSSR count). The molecule has 1 unspecified atom stereocenters. The summed E-state index contributed by atoms with van der Waals surface area (Å²) in [6, 6.07) is 7.43.